The molecule has 0 spiro atoms. The Bertz CT molecular complexity index is 2180. The molecule has 582 valence electrons. The molecule has 0 amide bonds. The molecule has 2 unspecified atom stereocenters. The number of phosphoric acid groups is 2. The lowest BCUT2D eigenvalue weighted by molar-refractivity contribution is -0.161. The molecule has 0 aliphatic carbocycles. The largest absolute Gasteiger partial charge is 0.472 e. The fourth-order valence-corrected chi connectivity index (χ4v) is 12.6. The SMILES string of the molecule is CCCCC/C=C\C/C=C\C/C=C\C/C=C\C/C=C\CCC(=O)OC[C@H](COP(=O)(O)OC[C@@H](O)COP(=O)(O)OC[C@@H](COC(=O)CCCCCCCCC/C=C\CCCCCC)OC(=O)CCCCCCCCCCCCCCC)OC(=O)CCCCCCCCCCCCCCC. The average Bonchev–Trinajstić information content (AvgIpc) is 0.935. The Kier molecular flexibility index (Phi) is 71.2. The summed E-state index contributed by atoms with van der Waals surface area (Å²) < 4.78 is 68.5. The van der Waals surface area contributed by atoms with Crippen molar-refractivity contribution in [3.8, 4) is 0 Å². The Hall–Kier alpha value is -3.50. The fraction of sp³-hybridized carbons (Fsp3) is 0.802. The Morgan fingerprint density at radius 2 is 0.510 bits per heavy atom. The summed E-state index contributed by atoms with van der Waals surface area (Å²) in [6.45, 7) is 4.81. The molecule has 0 aliphatic rings. The molecule has 0 radical (unpaired) electrons. The molecule has 5 atom stereocenters. The molecule has 17 nitrogen and oxygen atoms in total. The second kappa shape index (κ2) is 73.8. The molecule has 0 heterocycles. The third-order valence-electron chi connectivity index (χ3n) is 17.2. The van der Waals surface area contributed by atoms with Crippen molar-refractivity contribution < 1.29 is 80.2 Å². The van der Waals surface area contributed by atoms with E-state index >= 15 is 0 Å². The number of carbonyl (C=O) groups excluding carboxylic acids is 4. The predicted octanol–water partition coefficient (Wildman–Crippen LogP) is 23.2. The van der Waals surface area contributed by atoms with E-state index in [-0.39, 0.29) is 25.7 Å². The minimum atomic E-state index is -4.98. The van der Waals surface area contributed by atoms with Gasteiger partial charge in [0.1, 0.15) is 19.3 Å². The van der Waals surface area contributed by atoms with Gasteiger partial charge >= 0.3 is 39.5 Å². The van der Waals surface area contributed by atoms with Gasteiger partial charge in [0, 0.05) is 25.7 Å². The van der Waals surface area contributed by atoms with Gasteiger partial charge in [-0.2, -0.15) is 0 Å². The average molecular weight is 1450 g/mol. The number of carbonyl (C=O) groups is 4. The quantitative estimate of drug-likeness (QED) is 0.0169. The van der Waals surface area contributed by atoms with E-state index < -0.39 is 97.5 Å². The number of rotatable bonds is 76. The Labute approximate surface area is 609 Å². The lowest BCUT2D eigenvalue weighted by atomic mass is 10.0. The molecule has 0 saturated carbocycles. The second-order valence-corrected chi connectivity index (χ2v) is 29.9. The molecule has 0 aromatic heterocycles. The van der Waals surface area contributed by atoms with Crippen LogP contribution in [0.4, 0.5) is 0 Å². The Morgan fingerprint density at radius 1 is 0.280 bits per heavy atom. The van der Waals surface area contributed by atoms with Gasteiger partial charge < -0.3 is 33.8 Å². The molecular weight excluding hydrogens is 1310 g/mol. The number of allylic oxidation sites excluding steroid dienone is 12. The van der Waals surface area contributed by atoms with Crippen molar-refractivity contribution in [3.63, 3.8) is 0 Å². The summed E-state index contributed by atoms with van der Waals surface area (Å²) in [4.78, 5) is 72.9. The van der Waals surface area contributed by atoms with Crippen LogP contribution in [0.2, 0.25) is 0 Å². The van der Waals surface area contributed by atoms with Crippen LogP contribution >= 0.6 is 15.6 Å². The smallest absolute Gasteiger partial charge is 0.462 e. The van der Waals surface area contributed by atoms with Gasteiger partial charge in [-0.15, -0.1) is 0 Å². The number of esters is 4. The monoisotopic (exact) mass is 1450 g/mol. The normalized spacial score (nSPS) is 14.3. The minimum Gasteiger partial charge on any atom is -0.462 e. The molecule has 3 N–H and O–H groups in total. The molecule has 0 rings (SSSR count). The topological polar surface area (TPSA) is 237 Å². The third-order valence-corrected chi connectivity index (χ3v) is 19.1. The number of unbranched alkanes of at least 4 members (excludes halogenated alkanes) is 38. The molecule has 0 bridgehead atoms. The summed E-state index contributed by atoms with van der Waals surface area (Å²) >= 11 is 0. The molecule has 0 aromatic carbocycles. The van der Waals surface area contributed by atoms with E-state index in [1.807, 2.05) is 12.2 Å². The van der Waals surface area contributed by atoms with Gasteiger partial charge in [0.2, 0.25) is 0 Å². The molecular formula is C81H146O17P2. The molecule has 0 aromatic rings. The van der Waals surface area contributed by atoms with Crippen molar-refractivity contribution in [1.82, 2.24) is 0 Å². The van der Waals surface area contributed by atoms with Gasteiger partial charge in [0.25, 0.3) is 0 Å². The van der Waals surface area contributed by atoms with Gasteiger partial charge in [-0.3, -0.25) is 37.3 Å². The zero-order valence-electron chi connectivity index (χ0n) is 63.6. The molecule has 19 heteroatoms. The number of aliphatic hydroxyl groups is 1. The Balaban J connectivity index is 5.36. The van der Waals surface area contributed by atoms with Gasteiger partial charge in [-0.25, -0.2) is 9.13 Å². The van der Waals surface area contributed by atoms with Crippen LogP contribution in [0.3, 0.4) is 0 Å². The first-order valence-corrected chi connectivity index (χ1v) is 43.2. The predicted molar refractivity (Wildman–Crippen MR) is 409 cm³/mol. The summed E-state index contributed by atoms with van der Waals surface area (Å²) in [5.41, 5.74) is 0. The van der Waals surface area contributed by atoms with Gasteiger partial charge in [0.05, 0.1) is 26.4 Å². The molecule has 0 fully saturated rings. The van der Waals surface area contributed by atoms with E-state index in [0.29, 0.717) is 32.1 Å². The van der Waals surface area contributed by atoms with Crippen LogP contribution in [0.25, 0.3) is 0 Å². The van der Waals surface area contributed by atoms with E-state index in [4.69, 9.17) is 37.0 Å². The summed E-state index contributed by atoms with van der Waals surface area (Å²) in [6.07, 6.45) is 74.6. The number of aliphatic hydroxyl groups excluding tert-OH is 1. The Morgan fingerprint density at radius 3 is 0.850 bits per heavy atom. The second-order valence-electron chi connectivity index (χ2n) is 27.0. The van der Waals surface area contributed by atoms with E-state index in [9.17, 15) is 43.2 Å². The highest BCUT2D eigenvalue weighted by molar-refractivity contribution is 7.47. The minimum absolute atomic E-state index is 0.0422. The number of ether oxygens (including phenoxy) is 4. The van der Waals surface area contributed by atoms with Crippen LogP contribution in [0.15, 0.2) is 72.9 Å². The maximum absolute atomic E-state index is 13.1. The number of phosphoric ester groups is 2. The lowest BCUT2D eigenvalue weighted by Crippen LogP contribution is -2.30. The highest BCUT2D eigenvalue weighted by Gasteiger charge is 2.30. The van der Waals surface area contributed by atoms with Crippen molar-refractivity contribution in [1.29, 1.82) is 0 Å². The van der Waals surface area contributed by atoms with Gasteiger partial charge in [0.15, 0.2) is 12.2 Å². The maximum Gasteiger partial charge on any atom is 0.472 e. The van der Waals surface area contributed by atoms with E-state index in [1.54, 1.807) is 0 Å². The van der Waals surface area contributed by atoms with Crippen LogP contribution in [-0.4, -0.2) is 96.7 Å². The summed E-state index contributed by atoms with van der Waals surface area (Å²) in [5.74, 6) is -2.24. The first kappa shape index (κ1) is 96.5. The standard InChI is InChI=1S/C81H146O17P2/c1-5-9-13-17-21-25-29-33-35-36-37-38-40-44-46-50-54-58-62-66-79(84)92-72-77(98-81(86)68-64-60-56-52-48-42-32-28-24-20-16-12-8-4)74-96-100(89,90)94-70-75(82)69-93-99(87,88)95-73-76(97-80(85)67-63-59-55-51-47-41-31-27-23-19-15-11-7-3)71-91-78(83)65-61-57-53-49-45-43-39-34-30-26-22-18-14-10-6-2/h21,25-26,30,33,35,37-38,44,46,54,58,75-77,82H,5-20,22-24,27-29,31-32,34,36,39-43,45,47-53,55-57,59-74H2,1-4H3,(H,87,88)(H,89,90)/b25-21-,30-26-,35-33-,38-37-,46-44-,58-54-/t75-,76+,77+/m0/s1. The van der Waals surface area contributed by atoms with Gasteiger partial charge in [-0.1, -0.05) is 319 Å². The van der Waals surface area contributed by atoms with E-state index in [0.717, 1.165) is 116 Å². The van der Waals surface area contributed by atoms with E-state index in [1.165, 1.54) is 161 Å². The molecule has 100 heavy (non-hydrogen) atoms. The van der Waals surface area contributed by atoms with Crippen molar-refractivity contribution >= 4 is 39.5 Å². The highest BCUT2D eigenvalue weighted by Crippen LogP contribution is 2.45. The highest BCUT2D eigenvalue weighted by atomic mass is 31.2. The fourth-order valence-electron chi connectivity index (χ4n) is 11.0. The summed E-state index contributed by atoms with van der Waals surface area (Å²) in [5, 5.41) is 10.6. The zero-order chi connectivity index (χ0) is 73.2. The van der Waals surface area contributed by atoms with Crippen molar-refractivity contribution in [2.75, 3.05) is 39.6 Å². The maximum atomic E-state index is 13.1. The van der Waals surface area contributed by atoms with Gasteiger partial charge in [-0.05, 0) is 89.9 Å². The van der Waals surface area contributed by atoms with Crippen LogP contribution in [0.5, 0.6) is 0 Å². The van der Waals surface area contributed by atoms with E-state index in [2.05, 4.69) is 88.5 Å². The lowest BCUT2D eigenvalue weighted by Gasteiger charge is -2.21. The van der Waals surface area contributed by atoms with Crippen LogP contribution < -0.4 is 0 Å². The third kappa shape index (κ3) is 72.8. The van der Waals surface area contributed by atoms with Crippen molar-refractivity contribution in [3.05, 3.63) is 72.9 Å². The summed E-state index contributed by atoms with van der Waals surface area (Å²) in [7, 11) is -9.96. The number of hydrogen-bond acceptors (Lipinski definition) is 15. The van der Waals surface area contributed by atoms with Crippen LogP contribution in [0, 0.1) is 0 Å². The first-order valence-electron chi connectivity index (χ1n) is 40.2. The van der Waals surface area contributed by atoms with Crippen LogP contribution in [-0.2, 0) is 65.4 Å². The first-order chi connectivity index (χ1) is 48.7. The number of hydrogen-bond donors (Lipinski definition) is 3. The van der Waals surface area contributed by atoms with Crippen molar-refractivity contribution in [2.45, 2.75) is 380 Å². The molecule has 0 aliphatic heterocycles. The summed E-state index contributed by atoms with van der Waals surface area (Å²) in [6, 6.07) is 0. The van der Waals surface area contributed by atoms with Crippen molar-refractivity contribution in [2.24, 2.45) is 0 Å². The zero-order valence-corrected chi connectivity index (χ0v) is 65.4. The van der Waals surface area contributed by atoms with Crippen LogP contribution in [0.1, 0.15) is 362 Å². The molecule has 0 saturated heterocycles.